The fraction of sp³-hybridized carbons (Fsp3) is 0.222. The fourth-order valence-electron chi connectivity index (χ4n) is 2.51. The number of Topliss-reactive ketones (excluding diaryl/α,β-unsaturated/α-hetero) is 1. The third-order valence-electron chi connectivity index (χ3n) is 3.80. The van der Waals surface area contributed by atoms with Gasteiger partial charge in [-0.25, -0.2) is 0 Å². The predicted octanol–water partition coefficient (Wildman–Crippen LogP) is 3.51. The van der Waals surface area contributed by atoms with Crippen molar-refractivity contribution in [2.75, 3.05) is 0 Å². The zero-order valence-corrected chi connectivity index (χ0v) is 13.9. The minimum atomic E-state index is -0.974. The van der Waals surface area contributed by atoms with Crippen molar-refractivity contribution in [2.45, 2.75) is 25.0 Å². The van der Waals surface area contributed by atoms with Crippen LogP contribution in [0, 0.1) is 0 Å². The van der Waals surface area contributed by atoms with Crippen LogP contribution in [0.4, 0.5) is 0 Å². The number of benzene rings is 2. The molecule has 122 valence electrons. The van der Waals surface area contributed by atoms with Crippen molar-refractivity contribution >= 4 is 45.0 Å². The molecule has 24 heavy (non-hydrogen) atoms. The van der Waals surface area contributed by atoms with Gasteiger partial charge in [0.15, 0.2) is 5.78 Å². The van der Waals surface area contributed by atoms with Crippen LogP contribution in [-0.4, -0.2) is 32.9 Å². The molecule has 1 aliphatic rings. The second-order valence-electron chi connectivity index (χ2n) is 5.59. The van der Waals surface area contributed by atoms with Gasteiger partial charge >= 0.3 is 5.97 Å². The second-order valence-corrected chi connectivity index (χ2v) is 6.86. The van der Waals surface area contributed by atoms with E-state index in [1.165, 1.54) is 11.8 Å². The standard InChI is InChI=1S/C18H16N2O3S/c1-11(13-7-6-12-4-2-3-5-14(12)8-13)19-20-17-9-15(21)16(24-17)10-18(22)23/h2-8,16H,9-10H2,1H3,(H,22,23)/b19-11+,20-17+. The molecule has 6 heteroatoms. The highest BCUT2D eigenvalue weighted by molar-refractivity contribution is 8.15. The molecule has 0 spiro atoms. The van der Waals surface area contributed by atoms with E-state index >= 15 is 0 Å². The van der Waals surface area contributed by atoms with Gasteiger partial charge in [0, 0.05) is 0 Å². The first-order valence-electron chi connectivity index (χ1n) is 7.54. The number of fused-ring (bicyclic) bond motifs is 1. The second kappa shape index (κ2) is 6.97. The van der Waals surface area contributed by atoms with Crippen LogP contribution in [0.3, 0.4) is 0 Å². The molecule has 5 nitrogen and oxygen atoms in total. The molecule has 1 atom stereocenters. The number of carbonyl (C=O) groups is 2. The molecular formula is C18H16N2O3S. The number of aliphatic carboxylic acids is 1. The number of carboxylic acid groups (broad SMARTS) is 1. The van der Waals surface area contributed by atoms with Gasteiger partial charge in [-0.3, -0.25) is 9.59 Å². The molecule has 1 saturated heterocycles. The Kier molecular flexibility index (Phi) is 4.76. The topological polar surface area (TPSA) is 79.1 Å². The van der Waals surface area contributed by atoms with Crippen molar-refractivity contribution in [3.63, 3.8) is 0 Å². The summed E-state index contributed by atoms with van der Waals surface area (Å²) in [5.74, 6) is -1.07. The van der Waals surface area contributed by atoms with Crippen LogP contribution in [0.25, 0.3) is 10.8 Å². The lowest BCUT2D eigenvalue weighted by atomic mass is 10.0. The van der Waals surface area contributed by atoms with Gasteiger partial charge in [-0.1, -0.05) is 48.2 Å². The summed E-state index contributed by atoms with van der Waals surface area (Å²) in [6.07, 6.45) is -0.00694. The fourth-order valence-corrected chi connectivity index (χ4v) is 3.59. The Morgan fingerprint density at radius 1 is 1.25 bits per heavy atom. The van der Waals surface area contributed by atoms with E-state index in [4.69, 9.17) is 5.11 Å². The van der Waals surface area contributed by atoms with E-state index in [0.29, 0.717) is 5.04 Å². The van der Waals surface area contributed by atoms with Crippen LogP contribution < -0.4 is 0 Å². The van der Waals surface area contributed by atoms with Crippen molar-refractivity contribution in [3.8, 4) is 0 Å². The maximum absolute atomic E-state index is 11.8. The Hall–Kier alpha value is -2.47. The summed E-state index contributed by atoms with van der Waals surface area (Å²) in [4.78, 5) is 22.5. The number of ketones is 1. The number of thioether (sulfide) groups is 1. The van der Waals surface area contributed by atoms with Gasteiger partial charge in [-0.15, -0.1) is 5.10 Å². The monoisotopic (exact) mass is 340 g/mol. The molecule has 0 radical (unpaired) electrons. The Balaban J connectivity index is 1.78. The zero-order chi connectivity index (χ0) is 17.1. The minimum Gasteiger partial charge on any atom is -0.481 e. The first-order valence-corrected chi connectivity index (χ1v) is 8.42. The molecule has 0 aliphatic carbocycles. The predicted molar refractivity (Wildman–Crippen MR) is 96.8 cm³/mol. The molecule has 1 unspecified atom stereocenters. The quantitative estimate of drug-likeness (QED) is 0.682. The van der Waals surface area contributed by atoms with Crippen LogP contribution >= 0.6 is 11.8 Å². The zero-order valence-electron chi connectivity index (χ0n) is 13.1. The van der Waals surface area contributed by atoms with Gasteiger partial charge in [0.05, 0.1) is 23.8 Å². The highest BCUT2D eigenvalue weighted by atomic mass is 32.2. The molecule has 0 aromatic heterocycles. The van der Waals surface area contributed by atoms with Crippen LogP contribution in [-0.2, 0) is 9.59 Å². The van der Waals surface area contributed by atoms with E-state index in [2.05, 4.69) is 22.3 Å². The molecule has 0 saturated carbocycles. The normalized spacial score (nSPS) is 20.0. The van der Waals surface area contributed by atoms with Crippen molar-refractivity contribution in [3.05, 3.63) is 48.0 Å². The van der Waals surface area contributed by atoms with E-state index in [-0.39, 0.29) is 18.6 Å². The largest absolute Gasteiger partial charge is 0.481 e. The highest BCUT2D eigenvalue weighted by Crippen LogP contribution is 2.29. The van der Waals surface area contributed by atoms with E-state index in [9.17, 15) is 9.59 Å². The molecule has 1 aliphatic heterocycles. The van der Waals surface area contributed by atoms with Crippen molar-refractivity contribution in [2.24, 2.45) is 10.2 Å². The van der Waals surface area contributed by atoms with E-state index in [0.717, 1.165) is 22.0 Å². The average Bonchev–Trinajstić information content (AvgIpc) is 2.91. The molecule has 0 bridgehead atoms. The molecule has 0 amide bonds. The van der Waals surface area contributed by atoms with E-state index < -0.39 is 11.2 Å². The summed E-state index contributed by atoms with van der Waals surface area (Å²) < 4.78 is 0. The Bertz CT molecular complexity index is 873. The molecular weight excluding hydrogens is 324 g/mol. The van der Waals surface area contributed by atoms with Gasteiger partial charge in [-0.2, -0.15) is 5.10 Å². The summed E-state index contributed by atoms with van der Waals surface area (Å²) >= 11 is 1.20. The summed E-state index contributed by atoms with van der Waals surface area (Å²) in [5, 5.41) is 19.5. The third kappa shape index (κ3) is 3.71. The van der Waals surface area contributed by atoms with E-state index in [1.54, 1.807) is 0 Å². The number of carbonyl (C=O) groups excluding carboxylic acids is 1. The molecule has 2 aromatic rings. The van der Waals surface area contributed by atoms with Crippen LogP contribution in [0.15, 0.2) is 52.7 Å². The number of nitrogens with zero attached hydrogens (tertiary/aromatic N) is 2. The third-order valence-corrected chi connectivity index (χ3v) is 5.01. The Morgan fingerprint density at radius 2 is 2.00 bits per heavy atom. The van der Waals surface area contributed by atoms with Gasteiger partial charge in [-0.05, 0) is 29.3 Å². The number of hydrogen-bond acceptors (Lipinski definition) is 5. The summed E-state index contributed by atoms with van der Waals surface area (Å²) in [6, 6.07) is 14.2. The van der Waals surface area contributed by atoms with Crippen molar-refractivity contribution in [1.29, 1.82) is 0 Å². The van der Waals surface area contributed by atoms with Crippen molar-refractivity contribution in [1.82, 2.24) is 0 Å². The number of rotatable bonds is 4. The Labute approximate surface area is 143 Å². The Morgan fingerprint density at radius 3 is 2.75 bits per heavy atom. The smallest absolute Gasteiger partial charge is 0.304 e. The number of carboxylic acids is 1. The first kappa shape index (κ1) is 16.4. The minimum absolute atomic E-state index is 0.0975. The molecule has 3 rings (SSSR count). The summed E-state index contributed by atoms with van der Waals surface area (Å²) in [6.45, 7) is 1.87. The lowest BCUT2D eigenvalue weighted by molar-refractivity contribution is -0.138. The maximum atomic E-state index is 11.8. The first-order chi connectivity index (χ1) is 11.5. The lowest BCUT2D eigenvalue weighted by Gasteiger charge is -2.02. The van der Waals surface area contributed by atoms with Gasteiger partial charge < -0.3 is 5.11 Å². The molecule has 1 N–H and O–H groups in total. The maximum Gasteiger partial charge on any atom is 0.304 e. The van der Waals surface area contributed by atoms with Crippen molar-refractivity contribution < 1.29 is 14.7 Å². The highest BCUT2D eigenvalue weighted by Gasteiger charge is 2.32. The summed E-state index contributed by atoms with van der Waals surface area (Å²) in [5.41, 5.74) is 1.72. The van der Waals surface area contributed by atoms with Gasteiger partial charge in [0.25, 0.3) is 0 Å². The lowest BCUT2D eigenvalue weighted by Crippen LogP contribution is -2.14. The van der Waals surface area contributed by atoms with Gasteiger partial charge in [0.2, 0.25) is 0 Å². The van der Waals surface area contributed by atoms with Gasteiger partial charge in [0.1, 0.15) is 5.04 Å². The molecule has 1 fully saturated rings. The van der Waals surface area contributed by atoms with Crippen LogP contribution in [0.1, 0.15) is 25.3 Å². The number of hydrogen-bond donors (Lipinski definition) is 1. The molecule has 2 aromatic carbocycles. The SMILES string of the molecule is C/C(=N\N=C1/CC(=O)C(CC(=O)O)S1)c1ccc2ccccc2c1. The van der Waals surface area contributed by atoms with E-state index in [1.807, 2.05) is 37.3 Å². The average molecular weight is 340 g/mol. The van der Waals surface area contributed by atoms with Crippen LogP contribution in [0.2, 0.25) is 0 Å². The summed E-state index contributed by atoms with van der Waals surface area (Å²) in [7, 11) is 0. The van der Waals surface area contributed by atoms with Crippen LogP contribution in [0.5, 0.6) is 0 Å². The molecule has 1 heterocycles.